The molecule has 0 spiro atoms. The molecule has 3 aliphatic heterocycles. The van der Waals surface area contributed by atoms with Crippen LogP contribution in [0, 0.1) is 5.82 Å². The summed E-state index contributed by atoms with van der Waals surface area (Å²) in [7, 11) is 0. The zero-order valence-electron chi connectivity index (χ0n) is 26.9. The van der Waals surface area contributed by atoms with Crippen molar-refractivity contribution in [3.8, 4) is 11.5 Å². The van der Waals surface area contributed by atoms with E-state index in [1.165, 1.54) is 12.1 Å². The summed E-state index contributed by atoms with van der Waals surface area (Å²) in [4.78, 5) is 33.8. The van der Waals surface area contributed by atoms with Crippen molar-refractivity contribution in [2.24, 2.45) is 0 Å². The van der Waals surface area contributed by atoms with Gasteiger partial charge in [0.15, 0.2) is 0 Å². The predicted octanol–water partition coefficient (Wildman–Crippen LogP) is 6.50. The molecule has 0 saturated carbocycles. The van der Waals surface area contributed by atoms with Crippen molar-refractivity contribution in [3.05, 3.63) is 125 Å². The first-order chi connectivity index (χ1) is 23.0. The normalized spacial score (nSPS) is 16.7. The topological polar surface area (TPSA) is 65.1 Å². The number of nitrogens with zero attached hydrogens (tertiary/aromatic N) is 3. The van der Waals surface area contributed by atoms with Gasteiger partial charge in [0.05, 0.1) is 0 Å². The monoisotopic (exact) mass is 632 g/mol. The Bertz CT molecular complexity index is 1740. The van der Waals surface area contributed by atoms with Crippen LogP contribution in [0.2, 0.25) is 0 Å². The number of piperazine rings is 1. The fourth-order valence-electron chi connectivity index (χ4n) is 7.50. The van der Waals surface area contributed by atoms with E-state index in [1.807, 2.05) is 67.6 Å². The van der Waals surface area contributed by atoms with Gasteiger partial charge in [-0.25, -0.2) is 4.39 Å². The molecule has 0 atom stereocenters. The number of para-hydroxylation sites is 2. The van der Waals surface area contributed by atoms with E-state index in [-0.39, 0.29) is 17.6 Å². The number of unbranched alkanes of at least 4 members (excludes halogenated alkanes) is 1. The maximum atomic E-state index is 13.9. The number of amides is 2. The maximum absolute atomic E-state index is 13.9. The first kappa shape index (κ1) is 30.9. The van der Waals surface area contributed by atoms with Crippen molar-refractivity contribution in [2.75, 3.05) is 44.2 Å². The SMILES string of the molecule is CCNC(=O)C1(CCCCN2CCN(c3ccc4c(c3)C(=O)N(Cc3cccc(F)c3)C4)CC2)c2ccccc2Oc2ccccc21. The average molecular weight is 633 g/mol. The molecule has 7 nitrogen and oxygen atoms in total. The van der Waals surface area contributed by atoms with Crippen molar-refractivity contribution in [3.63, 3.8) is 0 Å². The molecule has 3 heterocycles. The highest BCUT2D eigenvalue weighted by Crippen LogP contribution is 2.50. The van der Waals surface area contributed by atoms with Crippen LogP contribution in [0.5, 0.6) is 11.5 Å². The van der Waals surface area contributed by atoms with Gasteiger partial charge in [-0.3, -0.25) is 14.5 Å². The summed E-state index contributed by atoms with van der Waals surface area (Å²) in [5.41, 5.74) is 4.71. The minimum absolute atomic E-state index is 0.00455. The molecule has 8 heteroatoms. The molecule has 0 aliphatic carbocycles. The first-order valence-electron chi connectivity index (χ1n) is 16.8. The number of fused-ring (bicyclic) bond motifs is 3. The summed E-state index contributed by atoms with van der Waals surface area (Å²) in [6.45, 7) is 8.11. The number of hydrogen-bond acceptors (Lipinski definition) is 5. The quantitative estimate of drug-likeness (QED) is 0.202. The second-order valence-electron chi connectivity index (χ2n) is 12.8. The molecule has 1 fully saturated rings. The molecular weight excluding hydrogens is 591 g/mol. The summed E-state index contributed by atoms with van der Waals surface area (Å²) in [6.07, 6.45) is 2.59. The third-order valence-electron chi connectivity index (χ3n) is 9.89. The highest BCUT2D eigenvalue weighted by molar-refractivity contribution is 5.99. The zero-order valence-corrected chi connectivity index (χ0v) is 26.9. The van der Waals surface area contributed by atoms with Crippen molar-refractivity contribution in [1.82, 2.24) is 15.1 Å². The van der Waals surface area contributed by atoms with E-state index in [0.29, 0.717) is 26.1 Å². The summed E-state index contributed by atoms with van der Waals surface area (Å²) in [5, 5.41) is 3.13. The minimum Gasteiger partial charge on any atom is -0.457 e. The highest BCUT2D eigenvalue weighted by Gasteiger charge is 2.47. The predicted molar refractivity (Wildman–Crippen MR) is 181 cm³/mol. The summed E-state index contributed by atoms with van der Waals surface area (Å²) in [6, 6.07) is 28.6. The Hall–Kier alpha value is -4.69. The minimum atomic E-state index is -0.794. The number of anilines is 1. The highest BCUT2D eigenvalue weighted by atomic mass is 19.1. The zero-order chi connectivity index (χ0) is 32.4. The van der Waals surface area contributed by atoms with Crippen LogP contribution in [0.25, 0.3) is 0 Å². The summed E-state index contributed by atoms with van der Waals surface area (Å²) >= 11 is 0. The fraction of sp³-hybridized carbons (Fsp3) is 0.333. The Labute approximate surface area is 275 Å². The Morgan fingerprint density at radius 2 is 1.60 bits per heavy atom. The lowest BCUT2D eigenvalue weighted by Crippen LogP contribution is -2.47. The third-order valence-corrected chi connectivity index (χ3v) is 9.89. The van der Waals surface area contributed by atoms with Crippen molar-refractivity contribution in [1.29, 1.82) is 0 Å². The molecule has 4 aromatic carbocycles. The Morgan fingerprint density at radius 3 is 2.30 bits per heavy atom. The third kappa shape index (κ3) is 5.98. The van der Waals surface area contributed by atoms with Crippen molar-refractivity contribution in [2.45, 2.75) is 44.7 Å². The molecular formula is C39H41FN4O3. The van der Waals surface area contributed by atoms with Crippen LogP contribution in [0.4, 0.5) is 10.1 Å². The van der Waals surface area contributed by atoms with E-state index < -0.39 is 5.41 Å². The van der Waals surface area contributed by atoms with E-state index in [4.69, 9.17) is 4.74 Å². The van der Waals surface area contributed by atoms with Gasteiger partial charge in [0.1, 0.15) is 22.7 Å². The van der Waals surface area contributed by atoms with Crippen LogP contribution in [0.1, 0.15) is 58.8 Å². The summed E-state index contributed by atoms with van der Waals surface area (Å²) < 4.78 is 19.9. The molecule has 242 valence electrons. The van der Waals surface area contributed by atoms with Crippen LogP contribution in [0.3, 0.4) is 0 Å². The molecule has 0 radical (unpaired) electrons. The van der Waals surface area contributed by atoms with Crippen LogP contribution >= 0.6 is 0 Å². The first-order valence-corrected chi connectivity index (χ1v) is 16.8. The van der Waals surface area contributed by atoms with Gasteiger partial charge in [0.2, 0.25) is 5.91 Å². The molecule has 0 aromatic heterocycles. The molecule has 3 aliphatic rings. The van der Waals surface area contributed by atoms with Gasteiger partial charge >= 0.3 is 0 Å². The molecule has 1 N–H and O–H groups in total. The Balaban J connectivity index is 0.961. The molecule has 1 saturated heterocycles. The Morgan fingerprint density at radius 1 is 0.872 bits per heavy atom. The number of carbonyl (C=O) groups is 2. The summed E-state index contributed by atoms with van der Waals surface area (Å²) in [5.74, 6) is 1.25. The number of halogens is 1. The number of nitrogens with one attached hydrogen (secondary N) is 1. The van der Waals surface area contributed by atoms with Crippen LogP contribution in [-0.4, -0.2) is 60.9 Å². The van der Waals surface area contributed by atoms with Crippen LogP contribution in [-0.2, 0) is 23.3 Å². The van der Waals surface area contributed by atoms with E-state index in [2.05, 4.69) is 27.2 Å². The fourth-order valence-corrected chi connectivity index (χ4v) is 7.50. The lowest BCUT2D eigenvalue weighted by Gasteiger charge is -2.39. The number of ether oxygens (including phenoxy) is 1. The molecule has 47 heavy (non-hydrogen) atoms. The van der Waals surface area contributed by atoms with Crippen molar-refractivity contribution >= 4 is 17.5 Å². The molecule has 4 aromatic rings. The average Bonchev–Trinajstić information content (AvgIpc) is 3.40. The molecule has 0 unspecified atom stereocenters. The number of rotatable bonds is 10. The molecule has 2 amide bonds. The second kappa shape index (κ2) is 13.2. The van der Waals surface area contributed by atoms with Gasteiger partial charge in [-0.2, -0.15) is 0 Å². The van der Waals surface area contributed by atoms with Gasteiger partial charge < -0.3 is 19.9 Å². The lowest BCUT2D eigenvalue weighted by atomic mass is 9.68. The maximum Gasteiger partial charge on any atom is 0.254 e. The van der Waals surface area contributed by atoms with Crippen LogP contribution < -0.4 is 15.0 Å². The Kier molecular flexibility index (Phi) is 8.69. The number of carbonyl (C=O) groups excluding carboxylic acids is 2. The van der Waals surface area contributed by atoms with Gasteiger partial charge in [0.25, 0.3) is 5.91 Å². The largest absolute Gasteiger partial charge is 0.457 e. The van der Waals surface area contributed by atoms with Crippen molar-refractivity contribution < 1.29 is 18.7 Å². The van der Waals surface area contributed by atoms with Gasteiger partial charge in [-0.1, -0.05) is 61.0 Å². The van der Waals surface area contributed by atoms with Gasteiger partial charge in [-0.15, -0.1) is 0 Å². The number of hydrogen-bond donors (Lipinski definition) is 1. The van der Waals surface area contributed by atoms with E-state index in [0.717, 1.165) is 90.6 Å². The lowest BCUT2D eigenvalue weighted by molar-refractivity contribution is -0.125. The van der Waals surface area contributed by atoms with Crippen LogP contribution in [0.15, 0.2) is 91.0 Å². The molecule has 0 bridgehead atoms. The van der Waals surface area contributed by atoms with E-state index in [9.17, 15) is 14.0 Å². The van der Waals surface area contributed by atoms with Gasteiger partial charge in [-0.05, 0) is 73.8 Å². The smallest absolute Gasteiger partial charge is 0.254 e. The van der Waals surface area contributed by atoms with E-state index >= 15 is 0 Å². The molecule has 7 rings (SSSR count). The second-order valence-corrected chi connectivity index (χ2v) is 12.8. The van der Waals surface area contributed by atoms with Gasteiger partial charge in [0, 0.05) is 68.2 Å². The van der Waals surface area contributed by atoms with E-state index in [1.54, 1.807) is 11.0 Å². The standard InChI is InChI=1S/C39H41FN4O3/c1-2-41-38(46)39(33-12-3-5-14-35(33)47-36-15-6-4-13-34(36)39)18-7-8-19-42-20-22-43(23-21-42)31-17-16-29-27-44(37(45)32(29)25-31)26-28-10-9-11-30(40)24-28/h3-6,9-17,24-25H,2,7-8,18-23,26-27H2,1H3,(H,41,46). The number of benzene rings is 4. The number of likely N-dealkylation sites (N-methyl/N-ethyl adjacent to an activating group) is 1.